The van der Waals surface area contributed by atoms with Crippen LogP contribution in [-0.2, 0) is 0 Å². The topological polar surface area (TPSA) is 89.6 Å². The molecule has 0 saturated carbocycles. The van der Waals surface area contributed by atoms with Crippen molar-refractivity contribution in [2.45, 2.75) is 12.1 Å². The van der Waals surface area contributed by atoms with Gasteiger partial charge in [-0.15, -0.1) is 10.2 Å². The Kier molecular flexibility index (Phi) is 5.00. The first-order valence-corrected chi connectivity index (χ1v) is 12.1. The number of carbonyl (C=O) groups excluding carboxylic acids is 2. The monoisotopic (exact) mass is 481 g/mol. The third-order valence-corrected chi connectivity index (χ3v) is 7.08. The molecule has 1 aliphatic rings. The molecule has 3 aromatic carbocycles. The third kappa shape index (κ3) is 3.27. The van der Waals surface area contributed by atoms with Gasteiger partial charge >= 0.3 is 0 Å². The Labute approximate surface area is 203 Å². The first-order valence-electron chi connectivity index (χ1n) is 11.1. The van der Waals surface area contributed by atoms with E-state index in [0.717, 1.165) is 11.3 Å². The van der Waals surface area contributed by atoms with E-state index >= 15 is 0 Å². The molecule has 35 heavy (non-hydrogen) atoms. The predicted molar refractivity (Wildman–Crippen MR) is 133 cm³/mol. The number of thioether (sulfide) groups is 1. The van der Waals surface area contributed by atoms with Gasteiger partial charge in [-0.1, -0.05) is 54.2 Å². The first kappa shape index (κ1) is 21.3. The average Bonchev–Trinajstić information content (AvgIpc) is 3.40. The molecule has 9 heteroatoms. The van der Waals surface area contributed by atoms with Gasteiger partial charge in [-0.25, -0.2) is 4.57 Å². The molecule has 0 fully saturated rings. The zero-order valence-electron chi connectivity index (χ0n) is 18.7. The van der Waals surface area contributed by atoms with Crippen LogP contribution in [0.4, 0.5) is 0 Å². The van der Waals surface area contributed by atoms with Crippen LogP contribution in [0.5, 0.6) is 0 Å². The van der Waals surface area contributed by atoms with E-state index in [2.05, 4.69) is 10.2 Å². The predicted octanol–water partition coefficient (Wildman–Crippen LogP) is 3.73. The molecule has 2 amide bonds. The number of fused-ring (bicyclic) bond motifs is 4. The number of para-hydroxylation sites is 2. The molecule has 0 unspecified atom stereocenters. The molecule has 0 saturated heterocycles. The number of nitrogens with zero attached hydrogens (tertiary/aromatic N) is 5. The zero-order chi connectivity index (χ0) is 24.1. The molecular formula is C26H19N5O3S. The number of imide groups is 1. The fourth-order valence-electron chi connectivity index (χ4n) is 4.47. The van der Waals surface area contributed by atoms with Crippen molar-refractivity contribution < 1.29 is 9.59 Å². The largest absolute Gasteiger partial charge is 0.273 e. The van der Waals surface area contributed by atoms with Gasteiger partial charge in [-0.3, -0.25) is 23.7 Å². The molecule has 5 aromatic rings. The molecule has 8 nitrogen and oxygen atoms in total. The fraction of sp³-hybridized carbons (Fsp3) is 0.115. The molecule has 6 rings (SSSR count). The summed E-state index contributed by atoms with van der Waals surface area (Å²) in [6.45, 7) is 2.18. The summed E-state index contributed by atoms with van der Waals surface area (Å²) in [6, 6.07) is 21.8. The highest BCUT2D eigenvalue weighted by molar-refractivity contribution is 7.99. The number of rotatable bonds is 5. The van der Waals surface area contributed by atoms with Gasteiger partial charge in [-0.05, 0) is 42.8 Å². The number of benzene rings is 3. The molecule has 0 bridgehead atoms. The summed E-state index contributed by atoms with van der Waals surface area (Å²) < 4.78 is 3.44. The van der Waals surface area contributed by atoms with Gasteiger partial charge in [0.25, 0.3) is 17.4 Å². The highest BCUT2D eigenvalue weighted by Crippen LogP contribution is 2.26. The maximum absolute atomic E-state index is 13.5. The molecule has 3 heterocycles. The molecule has 172 valence electrons. The highest BCUT2D eigenvalue weighted by atomic mass is 32.2. The minimum absolute atomic E-state index is 0.169. The lowest BCUT2D eigenvalue weighted by molar-refractivity contribution is 0.0664. The lowest BCUT2D eigenvalue weighted by atomic mass is 10.1. The van der Waals surface area contributed by atoms with Gasteiger partial charge in [0.15, 0.2) is 5.16 Å². The molecule has 1 aliphatic heterocycles. The van der Waals surface area contributed by atoms with Crippen molar-refractivity contribution in [1.29, 1.82) is 0 Å². The van der Waals surface area contributed by atoms with Crippen LogP contribution in [0.2, 0.25) is 0 Å². The van der Waals surface area contributed by atoms with Crippen molar-refractivity contribution >= 4 is 40.3 Å². The average molecular weight is 482 g/mol. The van der Waals surface area contributed by atoms with E-state index < -0.39 is 0 Å². The summed E-state index contributed by atoms with van der Waals surface area (Å²) in [5.41, 5.74) is 3.08. The Bertz CT molecular complexity index is 1690. The molecule has 2 aromatic heterocycles. The van der Waals surface area contributed by atoms with Gasteiger partial charge in [0, 0.05) is 12.3 Å². The van der Waals surface area contributed by atoms with E-state index in [4.69, 9.17) is 0 Å². The van der Waals surface area contributed by atoms with Crippen molar-refractivity contribution in [1.82, 2.24) is 24.1 Å². The summed E-state index contributed by atoms with van der Waals surface area (Å²) in [4.78, 5) is 40.1. The smallest absolute Gasteiger partial charge is 0.267 e. The van der Waals surface area contributed by atoms with Crippen LogP contribution in [0.15, 0.2) is 82.7 Å². The first-order chi connectivity index (χ1) is 17.1. The Morgan fingerprint density at radius 3 is 2.20 bits per heavy atom. The Morgan fingerprint density at radius 1 is 0.800 bits per heavy atom. The van der Waals surface area contributed by atoms with Crippen molar-refractivity contribution in [2.24, 2.45) is 0 Å². The summed E-state index contributed by atoms with van der Waals surface area (Å²) >= 11 is 1.38. The van der Waals surface area contributed by atoms with E-state index in [1.54, 1.807) is 34.9 Å². The van der Waals surface area contributed by atoms with Gasteiger partial charge in [0.05, 0.1) is 27.7 Å². The molecule has 0 spiro atoms. The standard InChI is InChI=1S/C26H19N5O3S/c1-16-8-2-6-12-20(16)30-24(34)19-11-5-7-13-21(19)31-25(30)27-28-26(31)35-15-14-29-22(32)17-9-3-4-10-18(17)23(29)33/h2-13H,14-15H2,1H3. The normalized spacial score (nSPS) is 13.2. The van der Waals surface area contributed by atoms with Crippen molar-refractivity contribution in [2.75, 3.05) is 12.3 Å². The van der Waals surface area contributed by atoms with Gasteiger partial charge in [0.1, 0.15) is 0 Å². The van der Waals surface area contributed by atoms with E-state index in [0.29, 0.717) is 38.7 Å². The van der Waals surface area contributed by atoms with Crippen LogP contribution in [0, 0.1) is 6.92 Å². The SMILES string of the molecule is Cc1ccccc1-n1c(=O)c2ccccc2n2c(SCCN3C(=O)c4ccccc4C3=O)nnc12. The molecule has 0 radical (unpaired) electrons. The second kappa shape index (κ2) is 8.21. The quantitative estimate of drug-likeness (QED) is 0.281. The fourth-order valence-corrected chi connectivity index (χ4v) is 5.34. The van der Waals surface area contributed by atoms with Crippen LogP contribution < -0.4 is 5.56 Å². The van der Waals surface area contributed by atoms with Gasteiger partial charge < -0.3 is 0 Å². The van der Waals surface area contributed by atoms with E-state index in [-0.39, 0.29) is 23.9 Å². The third-order valence-electron chi connectivity index (χ3n) is 6.18. The molecule has 0 aliphatic carbocycles. The lowest BCUT2D eigenvalue weighted by Gasteiger charge is -2.14. The molecule has 0 N–H and O–H groups in total. The Morgan fingerprint density at radius 2 is 1.46 bits per heavy atom. The second-order valence-corrected chi connectivity index (χ2v) is 9.28. The van der Waals surface area contributed by atoms with Crippen LogP contribution in [-0.4, -0.2) is 48.2 Å². The van der Waals surface area contributed by atoms with Crippen LogP contribution in [0.1, 0.15) is 26.3 Å². The van der Waals surface area contributed by atoms with Crippen molar-refractivity contribution in [3.8, 4) is 5.69 Å². The number of amides is 2. The van der Waals surface area contributed by atoms with Crippen LogP contribution in [0.25, 0.3) is 22.4 Å². The van der Waals surface area contributed by atoms with E-state index in [1.807, 2.05) is 53.8 Å². The van der Waals surface area contributed by atoms with Crippen molar-refractivity contribution in [3.63, 3.8) is 0 Å². The van der Waals surface area contributed by atoms with Crippen LogP contribution >= 0.6 is 11.8 Å². The number of aromatic nitrogens is 4. The summed E-state index contributed by atoms with van der Waals surface area (Å²) in [6.07, 6.45) is 0. The van der Waals surface area contributed by atoms with Crippen LogP contribution in [0.3, 0.4) is 0 Å². The second-order valence-electron chi connectivity index (χ2n) is 8.22. The minimum atomic E-state index is -0.281. The summed E-state index contributed by atoms with van der Waals surface area (Å²) in [5, 5.41) is 9.86. The molecule has 0 atom stereocenters. The number of hydrogen-bond donors (Lipinski definition) is 0. The van der Waals surface area contributed by atoms with Crippen molar-refractivity contribution in [3.05, 3.63) is 99.8 Å². The number of carbonyl (C=O) groups is 2. The maximum atomic E-state index is 13.5. The Hall–Kier alpha value is -4.24. The minimum Gasteiger partial charge on any atom is -0.273 e. The van der Waals surface area contributed by atoms with Gasteiger partial charge in [0.2, 0.25) is 5.78 Å². The Balaban J connectivity index is 1.39. The van der Waals surface area contributed by atoms with E-state index in [1.165, 1.54) is 16.7 Å². The lowest BCUT2D eigenvalue weighted by Crippen LogP contribution is -2.31. The number of hydrogen-bond acceptors (Lipinski definition) is 6. The summed E-state index contributed by atoms with van der Waals surface area (Å²) in [5.74, 6) is 0.280. The highest BCUT2D eigenvalue weighted by Gasteiger charge is 2.34. The van der Waals surface area contributed by atoms with E-state index in [9.17, 15) is 14.4 Å². The maximum Gasteiger partial charge on any atom is 0.267 e. The molecular weight excluding hydrogens is 462 g/mol. The summed E-state index contributed by atoms with van der Waals surface area (Å²) in [7, 11) is 0. The van der Waals surface area contributed by atoms with Gasteiger partial charge in [-0.2, -0.15) is 0 Å². The number of aryl methyl sites for hydroxylation is 1. The zero-order valence-corrected chi connectivity index (χ0v) is 19.5.